The Hall–Kier alpha value is -0.450. The van der Waals surface area contributed by atoms with Crippen molar-refractivity contribution in [1.29, 1.82) is 0 Å². The molecule has 0 saturated heterocycles. The molecule has 0 spiro atoms. The van der Waals surface area contributed by atoms with Gasteiger partial charge in [0.15, 0.2) is 0 Å². The third-order valence-electron chi connectivity index (χ3n) is 1.87. The van der Waals surface area contributed by atoms with E-state index >= 15 is 0 Å². The summed E-state index contributed by atoms with van der Waals surface area (Å²) >= 11 is 1.71. The van der Waals surface area contributed by atoms with Gasteiger partial charge in [0.1, 0.15) is 0 Å². The van der Waals surface area contributed by atoms with Gasteiger partial charge in [0.25, 0.3) is 0 Å². The summed E-state index contributed by atoms with van der Waals surface area (Å²) in [5.74, 6) is 0.641. The number of rotatable bonds is 5. The van der Waals surface area contributed by atoms with Crippen LogP contribution in [0.4, 0.5) is 0 Å². The number of methoxy groups -OCH3 is 1. The van der Waals surface area contributed by atoms with E-state index in [4.69, 9.17) is 10.5 Å². The maximum absolute atomic E-state index is 5.64. The average Bonchev–Trinajstić information content (AvgIpc) is 2.47. The van der Waals surface area contributed by atoms with Gasteiger partial charge < -0.3 is 10.5 Å². The normalized spacial score (nSPS) is 11.2. The Morgan fingerprint density at radius 1 is 1.50 bits per heavy atom. The summed E-state index contributed by atoms with van der Waals surface area (Å²) in [7, 11) is 1.68. The van der Waals surface area contributed by atoms with E-state index < -0.39 is 0 Å². The van der Waals surface area contributed by atoms with Gasteiger partial charge in [-0.3, -0.25) is 0 Å². The summed E-state index contributed by atoms with van der Waals surface area (Å²) in [6.45, 7) is 5.52. The Labute approximate surface area is 89.3 Å². The fourth-order valence-electron chi connectivity index (χ4n) is 1.28. The second-order valence-corrected chi connectivity index (χ2v) is 4.88. The first-order valence-corrected chi connectivity index (χ1v) is 5.65. The van der Waals surface area contributed by atoms with Crippen LogP contribution in [0.25, 0.3) is 0 Å². The first-order valence-electron chi connectivity index (χ1n) is 4.83. The molecule has 0 saturated carbocycles. The third-order valence-corrected chi connectivity index (χ3v) is 3.01. The second-order valence-electron chi connectivity index (χ2n) is 3.71. The number of ether oxygens (including phenoxy) is 1. The Morgan fingerprint density at radius 3 is 2.71 bits per heavy atom. The highest BCUT2D eigenvalue weighted by Crippen LogP contribution is 2.21. The maximum atomic E-state index is 5.64. The molecular formula is C10H18N2OS. The van der Waals surface area contributed by atoms with Crippen molar-refractivity contribution in [2.45, 2.75) is 33.4 Å². The van der Waals surface area contributed by atoms with Crippen molar-refractivity contribution < 1.29 is 4.74 Å². The van der Waals surface area contributed by atoms with Crippen LogP contribution in [0.5, 0.6) is 0 Å². The van der Waals surface area contributed by atoms with E-state index in [9.17, 15) is 0 Å². The third kappa shape index (κ3) is 3.04. The Morgan fingerprint density at radius 2 is 2.21 bits per heavy atom. The molecule has 0 radical (unpaired) electrons. The number of hydrogen-bond acceptors (Lipinski definition) is 4. The van der Waals surface area contributed by atoms with Crippen molar-refractivity contribution in [2.75, 3.05) is 7.11 Å². The first kappa shape index (κ1) is 11.6. The minimum atomic E-state index is 0.564. The Kier molecular flexibility index (Phi) is 4.51. The lowest BCUT2D eigenvalue weighted by atomic mass is 10.1. The molecule has 0 unspecified atom stereocenters. The SMILES string of the molecule is COCc1nc(CC(C)C)sc1CN. The molecule has 0 aliphatic heterocycles. The summed E-state index contributed by atoms with van der Waals surface area (Å²) in [5, 5.41) is 1.17. The van der Waals surface area contributed by atoms with Gasteiger partial charge in [-0.2, -0.15) is 0 Å². The van der Waals surface area contributed by atoms with E-state index in [1.165, 1.54) is 5.01 Å². The van der Waals surface area contributed by atoms with Crippen LogP contribution < -0.4 is 5.73 Å². The lowest BCUT2D eigenvalue weighted by molar-refractivity contribution is 0.181. The predicted molar refractivity (Wildman–Crippen MR) is 59.3 cm³/mol. The summed E-state index contributed by atoms with van der Waals surface area (Å²) in [6, 6.07) is 0. The molecule has 14 heavy (non-hydrogen) atoms. The molecule has 1 heterocycles. The molecule has 3 nitrogen and oxygen atoms in total. The first-order chi connectivity index (χ1) is 6.67. The fraction of sp³-hybridized carbons (Fsp3) is 0.700. The van der Waals surface area contributed by atoms with E-state index in [1.807, 2.05) is 0 Å². The van der Waals surface area contributed by atoms with Crippen molar-refractivity contribution in [1.82, 2.24) is 4.98 Å². The lowest BCUT2D eigenvalue weighted by Crippen LogP contribution is -1.99. The van der Waals surface area contributed by atoms with Crippen molar-refractivity contribution in [2.24, 2.45) is 11.7 Å². The van der Waals surface area contributed by atoms with Crippen LogP contribution in [0.1, 0.15) is 29.4 Å². The van der Waals surface area contributed by atoms with Crippen LogP contribution in [0, 0.1) is 5.92 Å². The summed E-state index contributed by atoms with van der Waals surface area (Å²) in [5.41, 5.74) is 6.65. The standard InChI is InChI=1S/C10H18N2OS/c1-7(2)4-10-12-8(6-13-3)9(5-11)14-10/h7H,4-6,11H2,1-3H3. The lowest BCUT2D eigenvalue weighted by Gasteiger charge is -1.98. The van der Waals surface area contributed by atoms with Crippen LogP contribution in [-0.4, -0.2) is 12.1 Å². The van der Waals surface area contributed by atoms with Gasteiger partial charge in [-0.25, -0.2) is 4.98 Å². The minimum absolute atomic E-state index is 0.564. The molecule has 0 bridgehead atoms. The van der Waals surface area contributed by atoms with Crippen molar-refractivity contribution in [3.05, 3.63) is 15.6 Å². The molecule has 0 fully saturated rings. The van der Waals surface area contributed by atoms with E-state index in [0.717, 1.165) is 17.0 Å². The van der Waals surface area contributed by atoms with Gasteiger partial charge in [-0.1, -0.05) is 13.8 Å². The van der Waals surface area contributed by atoms with Gasteiger partial charge >= 0.3 is 0 Å². The van der Waals surface area contributed by atoms with Gasteiger partial charge in [0.2, 0.25) is 0 Å². The van der Waals surface area contributed by atoms with Gasteiger partial charge in [0, 0.05) is 25.0 Å². The second kappa shape index (κ2) is 5.44. The number of aromatic nitrogens is 1. The van der Waals surface area contributed by atoms with E-state index in [0.29, 0.717) is 19.1 Å². The number of nitrogens with zero attached hydrogens (tertiary/aromatic N) is 1. The largest absolute Gasteiger partial charge is 0.378 e. The zero-order chi connectivity index (χ0) is 10.6. The maximum Gasteiger partial charge on any atom is 0.0935 e. The van der Waals surface area contributed by atoms with Crippen LogP contribution in [0.15, 0.2) is 0 Å². The highest BCUT2D eigenvalue weighted by atomic mass is 32.1. The number of hydrogen-bond donors (Lipinski definition) is 1. The molecule has 0 aliphatic rings. The molecule has 4 heteroatoms. The van der Waals surface area contributed by atoms with E-state index in [2.05, 4.69) is 18.8 Å². The fourth-order valence-corrected chi connectivity index (χ4v) is 2.44. The molecule has 1 aromatic rings. The monoisotopic (exact) mass is 214 g/mol. The molecule has 0 aliphatic carbocycles. The molecule has 0 atom stereocenters. The number of nitrogens with two attached hydrogens (primary N) is 1. The Bertz CT molecular complexity index is 284. The summed E-state index contributed by atoms with van der Waals surface area (Å²) in [4.78, 5) is 5.68. The highest BCUT2D eigenvalue weighted by Gasteiger charge is 2.10. The van der Waals surface area contributed by atoms with E-state index in [-0.39, 0.29) is 0 Å². The van der Waals surface area contributed by atoms with Crippen molar-refractivity contribution in [3.63, 3.8) is 0 Å². The zero-order valence-electron chi connectivity index (χ0n) is 9.04. The molecular weight excluding hydrogens is 196 g/mol. The quantitative estimate of drug-likeness (QED) is 0.815. The van der Waals surface area contributed by atoms with Gasteiger partial charge in [0.05, 0.1) is 17.3 Å². The molecule has 1 aromatic heterocycles. The van der Waals surface area contributed by atoms with E-state index in [1.54, 1.807) is 18.4 Å². The minimum Gasteiger partial charge on any atom is -0.378 e. The molecule has 2 N–H and O–H groups in total. The van der Waals surface area contributed by atoms with Crippen molar-refractivity contribution in [3.8, 4) is 0 Å². The smallest absolute Gasteiger partial charge is 0.0935 e. The van der Waals surface area contributed by atoms with Gasteiger partial charge in [-0.15, -0.1) is 11.3 Å². The van der Waals surface area contributed by atoms with Crippen LogP contribution in [0.2, 0.25) is 0 Å². The molecule has 1 rings (SSSR count). The summed E-state index contributed by atoms with van der Waals surface area (Å²) in [6.07, 6.45) is 1.03. The van der Waals surface area contributed by atoms with Crippen LogP contribution in [-0.2, 0) is 24.3 Å². The zero-order valence-corrected chi connectivity index (χ0v) is 9.86. The average molecular weight is 214 g/mol. The Balaban J connectivity index is 2.77. The van der Waals surface area contributed by atoms with Gasteiger partial charge in [-0.05, 0) is 5.92 Å². The molecule has 80 valence electrons. The molecule has 0 amide bonds. The van der Waals surface area contributed by atoms with Crippen LogP contribution >= 0.6 is 11.3 Å². The predicted octanol–water partition coefficient (Wildman–Crippen LogP) is 1.95. The van der Waals surface area contributed by atoms with Crippen molar-refractivity contribution >= 4 is 11.3 Å². The topological polar surface area (TPSA) is 48.1 Å². The summed E-state index contributed by atoms with van der Waals surface area (Å²) < 4.78 is 5.08. The number of thiazole rings is 1. The molecule has 0 aromatic carbocycles. The van der Waals surface area contributed by atoms with Crippen LogP contribution in [0.3, 0.4) is 0 Å². The highest BCUT2D eigenvalue weighted by molar-refractivity contribution is 7.11.